The summed E-state index contributed by atoms with van der Waals surface area (Å²) < 4.78 is 7.69. The molecule has 3 aromatic rings. The highest BCUT2D eigenvalue weighted by molar-refractivity contribution is 7.99. The van der Waals surface area contributed by atoms with Crippen molar-refractivity contribution in [2.45, 2.75) is 30.2 Å². The lowest BCUT2D eigenvalue weighted by molar-refractivity contribution is 0.408. The molecule has 0 N–H and O–H groups in total. The van der Waals surface area contributed by atoms with Gasteiger partial charge in [0.05, 0.1) is 10.6 Å². The highest BCUT2D eigenvalue weighted by Crippen LogP contribution is 2.38. The van der Waals surface area contributed by atoms with Crippen molar-refractivity contribution < 1.29 is 4.74 Å². The SMILES string of the molecule is CCn1nc(Oc2ncccn2)c(Sc2ccccc2)c1C. The average molecular weight is 312 g/mol. The third-order valence-electron chi connectivity index (χ3n) is 3.11. The minimum absolute atomic E-state index is 0.304. The van der Waals surface area contributed by atoms with Crippen LogP contribution in [0.2, 0.25) is 0 Å². The van der Waals surface area contributed by atoms with Crippen molar-refractivity contribution in [3.05, 3.63) is 54.5 Å². The standard InChI is InChI=1S/C16H16N4OS/c1-3-20-12(2)14(22-13-8-5-4-6-9-13)15(19-20)21-16-17-10-7-11-18-16/h4-11H,3H2,1-2H3. The smallest absolute Gasteiger partial charge is 0.323 e. The first-order valence-electron chi connectivity index (χ1n) is 7.03. The Labute approximate surface area is 133 Å². The summed E-state index contributed by atoms with van der Waals surface area (Å²) in [6.45, 7) is 4.88. The predicted octanol–water partition coefficient (Wildman–Crippen LogP) is 3.94. The molecule has 0 spiro atoms. The molecular weight excluding hydrogens is 296 g/mol. The summed E-state index contributed by atoms with van der Waals surface area (Å²) in [7, 11) is 0. The van der Waals surface area contributed by atoms with Gasteiger partial charge in [-0.05, 0) is 32.0 Å². The van der Waals surface area contributed by atoms with E-state index in [1.165, 1.54) is 0 Å². The monoisotopic (exact) mass is 312 g/mol. The fraction of sp³-hybridized carbons (Fsp3) is 0.188. The molecule has 0 saturated carbocycles. The molecule has 0 amide bonds. The van der Waals surface area contributed by atoms with Crippen molar-refractivity contribution in [3.63, 3.8) is 0 Å². The number of rotatable bonds is 5. The third kappa shape index (κ3) is 3.12. The van der Waals surface area contributed by atoms with Gasteiger partial charge >= 0.3 is 6.01 Å². The summed E-state index contributed by atoms with van der Waals surface area (Å²) in [5.74, 6) is 0.541. The molecule has 0 fully saturated rings. The molecular formula is C16H16N4OS. The van der Waals surface area contributed by atoms with Crippen molar-refractivity contribution in [3.8, 4) is 11.9 Å². The third-order valence-corrected chi connectivity index (χ3v) is 4.30. The van der Waals surface area contributed by atoms with Gasteiger partial charge in [0.15, 0.2) is 0 Å². The molecule has 0 aliphatic carbocycles. The van der Waals surface area contributed by atoms with Crippen LogP contribution in [0.1, 0.15) is 12.6 Å². The zero-order valence-corrected chi connectivity index (χ0v) is 13.2. The molecule has 0 bridgehead atoms. The van der Waals surface area contributed by atoms with Gasteiger partial charge in [0.25, 0.3) is 5.88 Å². The molecule has 0 unspecified atom stereocenters. The fourth-order valence-electron chi connectivity index (χ4n) is 2.03. The van der Waals surface area contributed by atoms with Gasteiger partial charge < -0.3 is 4.74 Å². The summed E-state index contributed by atoms with van der Waals surface area (Å²) in [5, 5.41) is 4.51. The second kappa shape index (κ2) is 6.62. The van der Waals surface area contributed by atoms with Crippen LogP contribution < -0.4 is 4.74 Å². The van der Waals surface area contributed by atoms with Gasteiger partial charge in [0.2, 0.25) is 0 Å². The molecule has 6 heteroatoms. The molecule has 112 valence electrons. The van der Waals surface area contributed by atoms with E-state index in [-0.39, 0.29) is 0 Å². The van der Waals surface area contributed by atoms with Crippen LogP contribution >= 0.6 is 11.8 Å². The second-order valence-corrected chi connectivity index (χ2v) is 5.67. The minimum Gasteiger partial charge on any atom is -0.402 e. The molecule has 1 aromatic carbocycles. The first-order valence-corrected chi connectivity index (χ1v) is 7.84. The number of nitrogens with zero attached hydrogens (tertiary/aromatic N) is 4. The van der Waals surface area contributed by atoms with Gasteiger partial charge in [-0.25, -0.2) is 9.97 Å². The quantitative estimate of drug-likeness (QED) is 0.714. The van der Waals surface area contributed by atoms with Gasteiger partial charge in [0, 0.05) is 23.8 Å². The largest absolute Gasteiger partial charge is 0.402 e. The minimum atomic E-state index is 0.304. The molecule has 2 heterocycles. The van der Waals surface area contributed by atoms with Crippen molar-refractivity contribution in [1.29, 1.82) is 0 Å². The summed E-state index contributed by atoms with van der Waals surface area (Å²) in [4.78, 5) is 10.3. The first kappa shape index (κ1) is 14.6. The van der Waals surface area contributed by atoms with E-state index < -0.39 is 0 Å². The summed E-state index contributed by atoms with van der Waals surface area (Å²) in [6, 6.07) is 12.2. The van der Waals surface area contributed by atoms with Crippen LogP contribution in [0.4, 0.5) is 0 Å². The second-order valence-electron chi connectivity index (χ2n) is 4.58. The molecule has 0 atom stereocenters. The van der Waals surface area contributed by atoms with Gasteiger partial charge in [-0.1, -0.05) is 30.0 Å². The number of aromatic nitrogens is 4. The first-order chi connectivity index (χ1) is 10.8. The van der Waals surface area contributed by atoms with Crippen molar-refractivity contribution in [1.82, 2.24) is 19.7 Å². The Morgan fingerprint density at radius 3 is 2.50 bits per heavy atom. The maximum atomic E-state index is 5.77. The lowest BCUT2D eigenvalue weighted by Gasteiger charge is -2.04. The van der Waals surface area contributed by atoms with Crippen molar-refractivity contribution in [2.75, 3.05) is 0 Å². The Morgan fingerprint density at radius 1 is 1.09 bits per heavy atom. The zero-order valence-electron chi connectivity index (χ0n) is 12.4. The van der Waals surface area contributed by atoms with E-state index in [0.29, 0.717) is 11.9 Å². The van der Waals surface area contributed by atoms with Crippen LogP contribution in [-0.2, 0) is 6.54 Å². The summed E-state index contributed by atoms with van der Waals surface area (Å²) >= 11 is 1.63. The summed E-state index contributed by atoms with van der Waals surface area (Å²) in [6.07, 6.45) is 3.30. The van der Waals surface area contributed by atoms with Crippen LogP contribution in [-0.4, -0.2) is 19.7 Å². The Kier molecular flexibility index (Phi) is 4.39. The zero-order chi connectivity index (χ0) is 15.4. The van der Waals surface area contributed by atoms with E-state index in [1.54, 1.807) is 30.2 Å². The Morgan fingerprint density at radius 2 is 1.82 bits per heavy atom. The van der Waals surface area contributed by atoms with Crippen molar-refractivity contribution in [2.24, 2.45) is 0 Å². The maximum Gasteiger partial charge on any atom is 0.323 e. The number of hydrogen-bond acceptors (Lipinski definition) is 5. The Balaban J connectivity index is 1.95. The van der Waals surface area contributed by atoms with Gasteiger partial charge in [-0.2, -0.15) is 0 Å². The van der Waals surface area contributed by atoms with Crippen molar-refractivity contribution >= 4 is 11.8 Å². The molecule has 2 aromatic heterocycles. The van der Waals surface area contributed by atoms with Gasteiger partial charge in [-0.3, -0.25) is 4.68 Å². The highest BCUT2D eigenvalue weighted by Gasteiger charge is 2.18. The molecule has 0 aliphatic heterocycles. The molecule has 5 nitrogen and oxygen atoms in total. The Hall–Kier alpha value is -2.34. The van der Waals surface area contributed by atoms with Crippen LogP contribution in [0.15, 0.2) is 58.6 Å². The van der Waals surface area contributed by atoms with E-state index in [9.17, 15) is 0 Å². The molecule has 22 heavy (non-hydrogen) atoms. The predicted molar refractivity (Wildman–Crippen MR) is 85.3 cm³/mol. The molecule has 0 radical (unpaired) electrons. The average Bonchev–Trinajstić information content (AvgIpc) is 2.85. The maximum absolute atomic E-state index is 5.77. The van der Waals surface area contributed by atoms with E-state index in [4.69, 9.17) is 4.74 Å². The lowest BCUT2D eigenvalue weighted by atomic mass is 10.4. The van der Waals surface area contributed by atoms with E-state index in [2.05, 4.69) is 34.1 Å². The number of hydrogen-bond donors (Lipinski definition) is 0. The molecule has 0 saturated heterocycles. The topological polar surface area (TPSA) is 52.8 Å². The fourth-order valence-corrected chi connectivity index (χ4v) is 2.98. The van der Waals surface area contributed by atoms with E-state index in [0.717, 1.165) is 22.0 Å². The number of ether oxygens (including phenoxy) is 1. The molecule has 3 rings (SSSR count). The number of benzene rings is 1. The molecule has 0 aliphatic rings. The van der Waals surface area contributed by atoms with Gasteiger partial charge in [-0.15, -0.1) is 5.10 Å². The highest BCUT2D eigenvalue weighted by atomic mass is 32.2. The van der Waals surface area contributed by atoms with Crippen LogP contribution in [0.3, 0.4) is 0 Å². The Bertz CT molecular complexity index is 744. The normalized spacial score (nSPS) is 10.6. The van der Waals surface area contributed by atoms with Crippen LogP contribution in [0.25, 0.3) is 0 Å². The summed E-state index contributed by atoms with van der Waals surface area (Å²) in [5.41, 5.74) is 1.07. The number of aryl methyl sites for hydroxylation is 1. The van der Waals surface area contributed by atoms with E-state index >= 15 is 0 Å². The lowest BCUT2D eigenvalue weighted by Crippen LogP contribution is -1.99. The van der Waals surface area contributed by atoms with Crippen LogP contribution in [0, 0.1) is 6.92 Å². The van der Waals surface area contributed by atoms with Crippen LogP contribution in [0.5, 0.6) is 11.9 Å². The van der Waals surface area contributed by atoms with E-state index in [1.807, 2.05) is 29.8 Å². The van der Waals surface area contributed by atoms with Gasteiger partial charge in [0.1, 0.15) is 0 Å².